The van der Waals surface area contributed by atoms with Gasteiger partial charge >= 0.3 is 0 Å². The van der Waals surface area contributed by atoms with Gasteiger partial charge in [-0.15, -0.1) is 0 Å². The first-order valence-electron chi connectivity index (χ1n) is 5.03. The maximum absolute atomic E-state index is 11.8. The molecular weight excluding hydrogens is 164 g/mol. The van der Waals surface area contributed by atoms with Crippen LogP contribution in [0.15, 0.2) is 0 Å². The lowest BCUT2D eigenvalue weighted by molar-refractivity contribution is -0.128. The van der Waals surface area contributed by atoms with Crippen LogP contribution in [0.5, 0.6) is 0 Å². The van der Waals surface area contributed by atoms with Gasteiger partial charge in [0, 0.05) is 18.5 Å². The van der Waals surface area contributed by atoms with Gasteiger partial charge < -0.3 is 0 Å². The zero-order chi connectivity index (χ0) is 9.64. The van der Waals surface area contributed by atoms with Crippen LogP contribution in [-0.4, -0.2) is 17.9 Å². The maximum atomic E-state index is 11.8. The van der Waals surface area contributed by atoms with Gasteiger partial charge in [0.25, 0.3) is 0 Å². The van der Waals surface area contributed by atoms with Crippen molar-refractivity contribution in [3.8, 4) is 0 Å². The number of hydrogen-bond acceptors (Lipinski definition) is 3. The molecule has 1 aliphatic heterocycles. The van der Waals surface area contributed by atoms with Gasteiger partial charge in [0.15, 0.2) is 0 Å². The SMILES string of the molecule is CC1NNC2CC(C)(C)CC(=O)C12. The molecule has 3 unspecified atom stereocenters. The minimum Gasteiger partial charge on any atom is -0.299 e. The largest absolute Gasteiger partial charge is 0.299 e. The van der Waals surface area contributed by atoms with Crippen molar-refractivity contribution in [2.75, 3.05) is 0 Å². The maximum Gasteiger partial charge on any atom is 0.139 e. The summed E-state index contributed by atoms with van der Waals surface area (Å²) in [5.74, 6) is 0.624. The number of hydrogen-bond donors (Lipinski definition) is 2. The molecule has 1 aliphatic carbocycles. The Bertz CT molecular complexity index is 237. The lowest BCUT2D eigenvalue weighted by atomic mass is 9.69. The van der Waals surface area contributed by atoms with Gasteiger partial charge in [0.1, 0.15) is 5.78 Å². The second kappa shape index (κ2) is 2.79. The lowest BCUT2D eigenvalue weighted by Gasteiger charge is -2.36. The van der Waals surface area contributed by atoms with Gasteiger partial charge in [-0.05, 0) is 18.8 Å². The van der Waals surface area contributed by atoms with E-state index in [1.807, 2.05) is 0 Å². The van der Waals surface area contributed by atoms with E-state index in [4.69, 9.17) is 0 Å². The highest BCUT2D eigenvalue weighted by Crippen LogP contribution is 2.38. The smallest absolute Gasteiger partial charge is 0.139 e. The third kappa shape index (κ3) is 1.51. The number of hydrazine groups is 1. The van der Waals surface area contributed by atoms with Crippen molar-refractivity contribution in [3.05, 3.63) is 0 Å². The summed E-state index contributed by atoms with van der Waals surface area (Å²) in [4.78, 5) is 11.8. The van der Waals surface area contributed by atoms with E-state index >= 15 is 0 Å². The highest BCUT2D eigenvalue weighted by atomic mass is 16.1. The van der Waals surface area contributed by atoms with Gasteiger partial charge in [-0.1, -0.05) is 13.8 Å². The topological polar surface area (TPSA) is 41.1 Å². The van der Waals surface area contributed by atoms with Crippen molar-refractivity contribution in [1.29, 1.82) is 0 Å². The molecule has 0 amide bonds. The molecule has 0 spiro atoms. The van der Waals surface area contributed by atoms with E-state index in [0.29, 0.717) is 17.9 Å². The third-order valence-corrected chi connectivity index (χ3v) is 3.27. The van der Waals surface area contributed by atoms with Gasteiger partial charge in [-0.25, -0.2) is 0 Å². The fourth-order valence-electron chi connectivity index (χ4n) is 2.70. The lowest BCUT2D eigenvalue weighted by Crippen LogP contribution is -2.44. The molecule has 0 bridgehead atoms. The van der Waals surface area contributed by atoms with E-state index in [-0.39, 0.29) is 11.3 Å². The van der Waals surface area contributed by atoms with Gasteiger partial charge in [0.2, 0.25) is 0 Å². The molecule has 13 heavy (non-hydrogen) atoms. The third-order valence-electron chi connectivity index (χ3n) is 3.27. The summed E-state index contributed by atoms with van der Waals surface area (Å²) in [7, 11) is 0. The van der Waals surface area contributed by atoms with E-state index < -0.39 is 0 Å². The van der Waals surface area contributed by atoms with Crippen molar-refractivity contribution >= 4 is 5.78 Å². The number of nitrogens with one attached hydrogen (secondary N) is 2. The van der Waals surface area contributed by atoms with E-state index in [2.05, 4.69) is 31.6 Å². The molecule has 1 saturated heterocycles. The van der Waals surface area contributed by atoms with Crippen molar-refractivity contribution in [2.24, 2.45) is 11.3 Å². The van der Waals surface area contributed by atoms with E-state index in [9.17, 15) is 4.79 Å². The Kier molecular flexibility index (Phi) is 1.96. The number of fused-ring (bicyclic) bond motifs is 1. The summed E-state index contributed by atoms with van der Waals surface area (Å²) >= 11 is 0. The molecule has 74 valence electrons. The second-order valence-electron chi connectivity index (χ2n) is 5.22. The quantitative estimate of drug-likeness (QED) is 0.583. The molecule has 3 atom stereocenters. The van der Waals surface area contributed by atoms with Crippen molar-refractivity contribution in [3.63, 3.8) is 0 Å². The summed E-state index contributed by atoms with van der Waals surface area (Å²) in [6.45, 7) is 6.42. The number of carbonyl (C=O) groups is 1. The Labute approximate surface area is 79.2 Å². The van der Waals surface area contributed by atoms with Crippen LogP contribution in [0.2, 0.25) is 0 Å². The Morgan fingerprint density at radius 3 is 2.77 bits per heavy atom. The van der Waals surface area contributed by atoms with Crippen LogP contribution in [0.4, 0.5) is 0 Å². The molecule has 2 aliphatic rings. The first-order chi connectivity index (χ1) is 5.99. The van der Waals surface area contributed by atoms with Crippen LogP contribution in [0.25, 0.3) is 0 Å². The molecule has 1 saturated carbocycles. The minimum absolute atomic E-state index is 0.178. The van der Waals surface area contributed by atoms with Crippen LogP contribution in [0, 0.1) is 11.3 Å². The van der Waals surface area contributed by atoms with E-state index in [1.54, 1.807) is 0 Å². The molecule has 2 N–H and O–H groups in total. The highest BCUT2D eigenvalue weighted by Gasteiger charge is 2.46. The Hall–Kier alpha value is -0.410. The monoisotopic (exact) mass is 182 g/mol. The van der Waals surface area contributed by atoms with Crippen LogP contribution >= 0.6 is 0 Å². The fraction of sp³-hybridized carbons (Fsp3) is 0.900. The molecule has 0 aromatic heterocycles. The van der Waals surface area contributed by atoms with E-state index in [1.165, 1.54) is 0 Å². The number of carbonyl (C=O) groups excluding carboxylic acids is 1. The summed E-state index contributed by atoms with van der Waals surface area (Å²) < 4.78 is 0. The van der Waals surface area contributed by atoms with Crippen LogP contribution in [0.1, 0.15) is 33.6 Å². The highest BCUT2D eigenvalue weighted by molar-refractivity contribution is 5.84. The summed E-state index contributed by atoms with van der Waals surface area (Å²) in [5, 5.41) is 0. The molecular formula is C10H18N2O. The number of ketones is 1. The first-order valence-corrected chi connectivity index (χ1v) is 5.03. The minimum atomic E-state index is 0.178. The summed E-state index contributed by atoms with van der Waals surface area (Å²) in [6.07, 6.45) is 1.84. The summed E-state index contributed by atoms with van der Waals surface area (Å²) in [5.41, 5.74) is 6.56. The van der Waals surface area contributed by atoms with Crippen molar-refractivity contribution in [1.82, 2.24) is 10.9 Å². The molecule has 0 aromatic rings. The second-order valence-corrected chi connectivity index (χ2v) is 5.22. The zero-order valence-corrected chi connectivity index (χ0v) is 8.55. The predicted molar refractivity (Wildman–Crippen MR) is 51.0 cm³/mol. The van der Waals surface area contributed by atoms with E-state index in [0.717, 1.165) is 12.8 Å². The van der Waals surface area contributed by atoms with Crippen molar-refractivity contribution in [2.45, 2.75) is 45.7 Å². The molecule has 3 nitrogen and oxygen atoms in total. The Morgan fingerprint density at radius 1 is 1.38 bits per heavy atom. The summed E-state index contributed by atoms with van der Waals surface area (Å²) in [6, 6.07) is 0.653. The zero-order valence-electron chi connectivity index (χ0n) is 8.55. The van der Waals surface area contributed by atoms with Gasteiger partial charge in [-0.2, -0.15) is 0 Å². The molecule has 2 fully saturated rings. The van der Waals surface area contributed by atoms with Crippen LogP contribution in [0.3, 0.4) is 0 Å². The molecule has 2 rings (SSSR count). The fourth-order valence-corrected chi connectivity index (χ4v) is 2.70. The van der Waals surface area contributed by atoms with Gasteiger partial charge in [-0.3, -0.25) is 15.6 Å². The Balaban J connectivity index is 2.18. The van der Waals surface area contributed by atoms with Crippen molar-refractivity contribution < 1.29 is 4.79 Å². The standard InChI is InChI=1S/C10H18N2O/c1-6-9-7(12-11-6)4-10(2,3)5-8(9)13/h6-7,9,11-12H,4-5H2,1-3H3. The molecule has 0 radical (unpaired) electrons. The average Bonchev–Trinajstić information content (AvgIpc) is 2.28. The van der Waals surface area contributed by atoms with Crippen LogP contribution < -0.4 is 10.9 Å². The number of rotatable bonds is 0. The molecule has 1 heterocycles. The predicted octanol–water partition coefficient (Wildman–Crippen LogP) is 0.857. The van der Waals surface area contributed by atoms with Crippen LogP contribution in [-0.2, 0) is 4.79 Å². The van der Waals surface area contributed by atoms with Gasteiger partial charge in [0.05, 0.1) is 5.92 Å². The Morgan fingerprint density at radius 2 is 2.08 bits per heavy atom. The molecule has 0 aromatic carbocycles. The number of Topliss-reactive ketones (excluding diaryl/α,β-unsaturated/α-hetero) is 1. The first kappa shape index (κ1) is 9.16. The average molecular weight is 182 g/mol. The molecule has 3 heteroatoms. The normalized spacial score (nSPS) is 43.3.